The molecule has 0 aliphatic rings. The lowest BCUT2D eigenvalue weighted by atomic mass is 10.0. The van der Waals surface area contributed by atoms with Crippen LogP contribution in [0.4, 0.5) is 0 Å². The summed E-state index contributed by atoms with van der Waals surface area (Å²) < 4.78 is 9.93. The molecule has 2 atom stereocenters. The molecule has 0 fully saturated rings. The van der Waals surface area contributed by atoms with Crippen molar-refractivity contribution in [1.82, 2.24) is 5.32 Å². The summed E-state index contributed by atoms with van der Waals surface area (Å²) in [5.41, 5.74) is 0.956. The first-order chi connectivity index (χ1) is 10.6. The minimum Gasteiger partial charge on any atom is -0.467 e. The highest BCUT2D eigenvalue weighted by molar-refractivity contribution is 5.85. The Labute approximate surface area is 130 Å². The topological polar surface area (TPSA) is 88.4 Å². The summed E-state index contributed by atoms with van der Waals surface area (Å²) >= 11 is 0. The van der Waals surface area contributed by atoms with E-state index in [1.165, 1.54) is 7.11 Å². The number of nitrogens with one attached hydrogen (secondary N) is 1. The normalized spacial score (nSPS) is 12.8. The number of methoxy groups -OCH3 is 1. The summed E-state index contributed by atoms with van der Waals surface area (Å²) in [5.74, 6) is -1.36. The van der Waals surface area contributed by atoms with Gasteiger partial charge in [0.1, 0.15) is 12.6 Å². The van der Waals surface area contributed by atoms with Crippen LogP contribution >= 0.6 is 0 Å². The first-order valence-corrected chi connectivity index (χ1v) is 6.95. The fraction of sp³-hybridized carbons (Fsp3) is 0.438. The van der Waals surface area contributed by atoms with Gasteiger partial charge in [-0.1, -0.05) is 30.3 Å². The van der Waals surface area contributed by atoms with Crippen molar-refractivity contribution in [2.45, 2.75) is 26.0 Å². The maximum atomic E-state index is 11.8. The number of amides is 1. The van der Waals surface area contributed by atoms with E-state index in [2.05, 4.69) is 10.1 Å². The van der Waals surface area contributed by atoms with Gasteiger partial charge in [0.2, 0.25) is 5.91 Å². The Hall–Kier alpha value is -2.39. The van der Waals surface area contributed by atoms with Crippen LogP contribution in [0.15, 0.2) is 30.3 Å². The van der Waals surface area contributed by atoms with E-state index in [9.17, 15) is 9.59 Å². The minimum atomic E-state index is -0.840. The molecule has 0 saturated carbocycles. The van der Waals surface area contributed by atoms with Crippen molar-refractivity contribution in [2.75, 3.05) is 13.7 Å². The van der Waals surface area contributed by atoms with Crippen LogP contribution < -0.4 is 5.32 Å². The number of hydrogen-bond acceptors (Lipinski definition) is 5. The molecule has 0 heterocycles. The Morgan fingerprint density at radius 2 is 2.00 bits per heavy atom. The fourth-order valence-electron chi connectivity index (χ4n) is 1.83. The highest BCUT2D eigenvalue weighted by Crippen LogP contribution is 2.06. The van der Waals surface area contributed by atoms with Gasteiger partial charge >= 0.3 is 5.97 Å². The van der Waals surface area contributed by atoms with E-state index < -0.39 is 17.9 Å². The summed E-state index contributed by atoms with van der Waals surface area (Å²) in [6, 6.07) is 10.6. The molecule has 1 amide bonds. The Morgan fingerprint density at radius 3 is 2.59 bits per heavy atom. The number of nitriles is 1. The van der Waals surface area contributed by atoms with Gasteiger partial charge in [-0.05, 0) is 18.9 Å². The number of nitrogens with zero attached hydrogens (tertiary/aromatic N) is 1. The van der Waals surface area contributed by atoms with Crippen molar-refractivity contribution in [1.29, 1.82) is 5.26 Å². The second-order valence-electron chi connectivity index (χ2n) is 4.89. The predicted octanol–water partition coefficient (Wildman–Crippen LogP) is 1.41. The summed E-state index contributed by atoms with van der Waals surface area (Å²) in [7, 11) is 1.24. The Kier molecular flexibility index (Phi) is 7.65. The number of hydrogen-bond donors (Lipinski definition) is 1. The standard InChI is InChI=1S/C16H20N2O4/c1-12(9-17)8-14(16(20)21-2)18-15(19)11-22-10-13-6-4-3-5-7-13/h3-7,12,14H,8,10-11H2,1-2H3,(H,18,19)/t12-,14+/m1/s1. The third-order valence-electron chi connectivity index (χ3n) is 2.98. The third-order valence-corrected chi connectivity index (χ3v) is 2.98. The molecular formula is C16H20N2O4. The highest BCUT2D eigenvalue weighted by Gasteiger charge is 2.23. The Morgan fingerprint density at radius 1 is 1.32 bits per heavy atom. The van der Waals surface area contributed by atoms with Crippen LogP contribution in [0, 0.1) is 17.2 Å². The van der Waals surface area contributed by atoms with Gasteiger partial charge in [-0.15, -0.1) is 0 Å². The first kappa shape index (κ1) is 17.7. The van der Waals surface area contributed by atoms with Crippen molar-refractivity contribution in [3.8, 4) is 6.07 Å². The van der Waals surface area contributed by atoms with Gasteiger partial charge in [0.05, 0.1) is 19.8 Å². The van der Waals surface area contributed by atoms with Crippen LogP contribution in [0.3, 0.4) is 0 Å². The molecule has 0 spiro atoms. The SMILES string of the molecule is COC(=O)[C@H](C[C@@H](C)C#N)NC(=O)COCc1ccccc1. The van der Waals surface area contributed by atoms with E-state index in [4.69, 9.17) is 10.00 Å². The number of benzene rings is 1. The zero-order chi connectivity index (χ0) is 16.4. The summed E-state index contributed by atoms with van der Waals surface area (Å²) in [5, 5.41) is 11.3. The third kappa shape index (κ3) is 6.37. The molecule has 0 bridgehead atoms. The number of rotatable bonds is 8. The smallest absolute Gasteiger partial charge is 0.328 e. The largest absolute Gasteiger partial charge is 0.467 e. The van der Waals surface area contributed by atoms with E-state index in [1.807, 2.05) is 36.4 Å². The van der Waals surface area contributed by atoms with Crippen molar-refractivity contribution < 1.29 is 19.1 Å². The molecule has 0 aliphatic carbocycles. The van der Waals surface area contributed by atoms with Gasteiger partial charge in [-0.3, -0.25) is 4.79 Å². The molecule has 1 rings (SSSR count). The average molecular weight is 304 g/mol. The van der Waals surface area contributed by atoms with Crippen molar-refractivity contribution in [3.63, 3.8) is 0 Å². The van der Waals surface area contributed by atoms with Gasteiger partial charge in [0.15, 0.2) is 0 Å². The molecule has 22 heavy (non-hydrogen) atoms. The lowest BCUT2D eigenvalue weighted by molar-refractivity contribution is -0.146. The second kappa shape index (κ2) is 9.53. The molecule has 6 nitrogen and oxygen atoms in total. The van der Waals surface area contributed by atoms with Crippen LogP contribution in [0.25, 0.3) is 0 Å². The van der Waals surface area contributed by atoms with Gasteiger partial charge in [-0.25, -0.2) is 4.79 Å². The van der Waals surface area contributed by atoms with Crippen LogP contribution in [-0.4, -0.2) is 31.6 Å². The van der Waals surface area contributed by atoms with Crippen molar-refractivity contribution in [3.05, 3.63) is 35.9 Å². The maximum Gasteiger partial charge on any atom is 0.328 e. The molecule has 1 aromatic rings. The maximum absolute atomic E-state index is 11.8. The zero-order valence-corrected chi connectivity index (χ0v) is 12.7. The van der Waals surface area contributed by atoms with Gasteiger partial charge in [0, 0.05) is 5.92 Å². The second-order valence-corrected chi connectivity index (χ2v) is 4.89. The monoisotopic (exact) mass is 304 g/mol. The number of ether oxygens (including phenoxy) is 2. The van der Waals surface area contributed by atoms with Crippen molar-refractivity contribution >= 4 is 11.9 Å². The molecule has 1 N–H and O–H groups in total. The number of carbonyl (C=O) groups is 2. The Bertz CT molecular complexity index is 525. The van der Waals surface area contributed by atoms with Gasteiger partial charge < -0.3 is 14.8 Å². The summed E-state index contributed by atoms with van der Waals surface area (Å²) in [4.78, 5) is 23.4. The summed E-state index contributed by atoms with van der Waals surface area (Å²) in [6.45, 7) is 1.82. The van der Waals surface area contributed by atoms with Crippen LogP contribution in [-0.2, 0) is 25.7 Å². The molecular weight excluding hydrogens is 284 g/mol. The van der Waals surface area contributed by atoms with Crippen LogP contribution in [0.2, 0.25) is 0 Å². The molecule has 0 aliphatic heterocycles. The quantitative estimate of drug-likeness (QED) is 0.734. The van der Waals surface area contributed by atoms with E-state index in [1.54, 1.807) is 6.92 Å². The van der Waals surface area contributed by atoms with Gasteiger partial charge in [0.25, 0.3) is 0 Å². The van der Waals surface area contributed by atoms with E-state index in [0.717, 1.165) is 5.56 Å². The highest BCUT2D eigenvalue weighted by atomic mass is 16.5. The lowest BCUT2D eigenvalue weighted by Crippen LogP contribution is -2.44. The number of carbonyl (C=O) groups excluding carboxylic acids is 2. The molecule has 0 unspecified atom stereocenters. The fourth-order valence-corrected chi connectivity index (χ4v) is 1.83. The first-order valence-electron chi connectivity index (χ1n) is 6.95. The minimum absolute atomic E-state index is 0.163. The lowest BCUT2D eigenvalue weighted by Gasteiger charge is -2.17. The molecule has 0 radical (unpaired) electrons. The molecule has 118 valence electrons. The molecule has 0 aromatic heterocycles. The van der Waals surface area contributed by atoms with E-state index >= 15 is 0 Å². The van der Waals surface area contributed by atoms with Crippen LogP contribution in [0.1, 0.15) is 18.9 Å². The Balaban J connectivity index is 2.42. The predicted molar refractivity (Wildman–Crippen MR) is 79.4 cm³/mol. The summed E-state index contributed by atoms with van der Waals surface area (Å²) in [6.07, 6.45) is 0.202. The molecule has 1 aromatic carbocycles. The van der Waals surface area contributed by atoms with E-state index in [0.29, 0.717) is 6.61 Å². The number of esters is 1. The van der Waals surface area contributed by atoms with Crippen molar-refractivity contribution in [2.24, 2.45) is 5.92 Å². The van der Waals surface area contributed by atoms with Crippen LogP contribution in [0.5, 0.6) is 0 Å². The average Bonchev–Trinajstić information content (AvgIpc) is 2.54. The molecule has 6 heteroatoms. The van der Waals surface area contributed by atoms with Gasteiger partial charge in [-0.2, -0.15) is 5.26 Å². The van der Waals surface area contributed by atoms with E-state index in [-0.39, 0.29) is 18.9 Å². The zero-order valence-electron chi connectivity index (χ0n) is 12.7. The molecule has 0 saturated heterocycles.